The highest BCUT2D eigenvalue weighted by Crippen LogP contribution is 2.10. The van der Waals surface area contributed by atoms with Crippen molar-refractivity contribution in [2.45, 2.75) is 90.8 Å². The lowest BCUT2D eigenvalue weighted by molar-refractivity contribution is -0.144. The summed E-state index contributed by atoms with van der Waals surface area (Å²) in [5.41, 5.74) is -2.35. The average molecular weight is 600 g/mol. The number of ether oxygens (including phenoxy) is 3. The minimum absolute atomic E-state index is 0.00721. The van der Waals surface area contributed by atoms with E-state index in [9.17, 15) is 28.8 Å². The van der Waals surface area contributed by atoms with Gasteiger partial charge < -0.3 is 45.9 Å². The van der Waals surface area contributed by atoms with E-state index in [1.807, 2.05) is 0 Å². The fourth-order valence-electron chi connectivity index (χ4n) is 3.40. The molecule has 6 N–H and O–H groups in total. The number of carboxylic acids is 1. The smallest absolute Gasteiger partial charge is 0.408 e. The van der Waals surface area contributed by atoms with Crippen molar-refractivity contribution in [3.63, 3.8) is 0 Å². The summed E-state index contributed by atoms with van der Waals surface area (Å²) in [5.74, 6) is -4.43. The van der Waals surface area contributed by atoms with E-state index in [2.05, 4.69) is 26.6 Å². The first-order chi connectivity index (χ1) is 19.3. The molecule has 0 radical (unpaired) electrons. The average Bonchev–Trinajstić information content (AvgIpc) is 2.84. The summed E-state index contributed by atoms with van der Waals surface area (Å²) >= 11 is 0. The summed E-state index contributed by atoms with van der Waals surface area (Å²) in [6.45, 7) is 11.8. The van der Waals surface area contributed by atoms with Crippen molar-refractivity contribution in [3.05, 3.63) is 12.2 Å². The third kappa shape index (κ3) is 12.9. The van der Waals surface area contributed by atoms with Crippen LogP contribution in [0.5, 0.6) is 0 Å². The molecule has 0 spiro atoms. The van der Waals surface area contributed by atoms with Gasteiger partial charge in [0.1, 0.15) is 29.3 Å². The maximum absolute atomic E-state index is 13.2. The molecule has 15 nitrogen and oxygen atoms in total. The highest BCUT2D eigenvalue weighted by Gasteiger charge is 2.37. The van der Waals surface area contributed by atoms with E-state index in [4.69, 9.17) is 19.3 Å². The minimum atomic E-state index is -1.53. The van der Waals surface area contributed by atoms with Crippen LogP contribution in [0.4, 0.5) is 4.79 Å². The summed E-state index contributed by atoms with van der Waals surface area (Å²) in [7, 11) is 0. The van der Waals surface area contributed by atoms with Crippen molar-refractivity contribution >= 4 is 35.7 Å². The van der Waals surface area contributed by atoms with Crippen molar-refractivity contribution in [1.29, 1.82) is 0 Å². The molecule has 0 saturated heterocycles. The van der Waals surface area contributed by atoms with E-state index in [1.165, 1.54) is 26.8 Å². The molecular weight excluding hydrogens is 554 g/mol. The summed E-state index contributed by atoms with van der Waals surface area (Å²) in [5, 5.41) is 21.6. The van der Waals surface area contributed by atoms with Gasteiger partial charge in [-0.25, -0.2) is 4.79 Å². The third-order valence-corrected chi connectivity index (χ3v) is 5.79. The predicted octanol–water partition coefficient (Wildman–Crippen LogP) is -0.408. The molecule has 42 heavy (non-hydrogen) atoms. The Balaban J connectivity index is 3.25. The Morgan fingerprint density at radius 3 is 2.26 bits per heavy atom. The molecule has 1 aliphatic rings. The van der Waals surface area contributed by atoms with E-state index < -0.39 is 77.0 Å². The number of hydrogen-bond donors (Lipinski definition) is 6. The molecule has 0 bridgehead atoms. The van der Waals surface area contributed by atoms with Gasteiger partial charge >= 0.3 is 12.1 Å². The van der Waals surface area contributed by atoms with E-state index >= 15 is 0 Å². The number of nitrogens with one attached hydrogen (secondary N) is 5. The van der Waals surface area contributed by atoms with E-state index in [0.29, 0.717) is 0 Å². The molecule has 0 aromatic rings. The first-order valence-electron chi connectivity index (χ1n) is 13.6. The highest BCUT2D eigenvalue weighted by molar-refractivity contribution is 5.96. The molecule has 1 rings (SSSR count). The van der Waals surface area contributed by atoms with Crippen LogP contribution in [0, 0.1) is 5.92 Å². The summed E-state index contributed by atoms with van der Waals surface area (Å²) < 4.78 is 16.3. The Morgan fingerprint density at radius 1 is 1.07 bits per heavy atom. The number of hydrogen-bond acceptors (Lipinski definition) is 9. The summed E-state index contributed by atoms with van der Waals surface area (Å²) in [6, 6.07) is -3.49. The van der Waals surface area contributed by atoms with E-state index in [-0.39, 0.29) is 26.4 Å². The highest BCUT2D eigenvalue weighted by atomic mass is 16.6. The third-order valence-electron chi connectivity index (χ3n) is 5.79. The second kappa shape index (κ2) is 16.1. The lowest BCUT2D eigenvalue weighted by atomic mass is 9.99. The molecule has 0 aliphatic carbocycles. The largest absolute Gasteiger partial charge is 0.480 e. The van der Waals surface area contributed by atoms with Gasteiger partial charge in [-0.2, -0.15) is 0 Å². The number of alkyl carbamates (subject to hydrolysis) is 1. The van der Waals surface area contributed by atoms with E-state index in [1.54, 1.807) is 40.7 Å². The normalized spacial score (nSPS) is 24.5. The van der Waals surface area contributed by atoms with Crippen LogP contribution in [-0.2, 0) is 38.2 Å². The zero-order valence-electron chi connectivity index (χ0n) is 25.5. The van der Waals surface area contributed by atoms with Crippen molar-refractivity contribution in [1.82, 2.24) is 26.6 Å². The quantitative estimate of drug-likeness (QED) is 0.225. The van der Waals surface area contributed by atoms with Crippen LogP contribution >= 0.6 is 0 Å². The SMILES string of the molecule is CC(NC(=O)C1CNC(=O)[C@H](C(C)C)NC(=O)C(C)(C)NC(=O)[C@@H](NC(=O)OC(C)(C)C)COC/C=C/CO1)C(=O)O. The molecule has 4 atom stereocenters. The Morgan fingerprint density at radius 2 is 1.69 bits per heavy atom. The van der Waals surface area contributed by atoms with Gasteiger partial charge in [-0.3, -0.25) is 24.0 Å². The van der Waals surface area contributed by atoms with Crippen LogP contribution in [0.3, 0.4) is 0 Å². The second-order valence-electron chi connectivity index (χ2n) is 11.7. The van der Waals surface area contributed by atoms with Gasteiger partial charge in [0.2, 0.25) is 17.7 Å². The number of carbonyl (C=O) groups is 6. The molecule has 15 heteroatoms. The lowest BCUT2D eigenvalue weighted by Crippen LogP contribution is -2.63. The van der Waals surface area contributed by atoms with Crippen molar-refractivity contribution < 1.29 is 48.1 Å². The molecule has 1 heterocycles. The Bertz CT molecular complexity index is 1020. The van der Waals surface area contributed by atoms with Gasteiger partial charge in [0, 0.05) is 0 Å². The van der Waals surface area contributed by atoms with Crippen LogP contribution in [0.25, 0.3) is 0 Å². The molecule has 238 valence electrons. The van der Waals surface area contributed by atoms with Crippen LogP contribution in [0.15, 0.2) is 12.2 Å². The lowest BCUT2D eigenvalue weighted by Gasteiger charge is -2.31. The number of rotatable bonds is 5. The molecule has 2 unspecified atom stereocenters. The van der Waals surface area contributed by atoms with Gasteiger partial charge in [0.05, 0.1) is 26.4 Å². The van der Waals surface area contributed by atoms with Crippen molar-refractivity contribution in [2.24, 2.45) is 5.92 Å². The first kappa shape index (κ1) is 36.3. The molecule has 0 aromatic carbocycles. The zero-order chi connectivity index (χ0) is 32.3. The number of amides is 5. The summed E-state index contributed by atoms with van der Waals surface area (Å²) in [6.07, 6.45) is 0.965. The van der Waals surface area contributed by atoms with Gasteiger partial charge in [0.15, 0.2) is 6.10 Å². The molecule has 5 amide bonds. The fraction of sp³-hybridized carbons (Fsp3) is 0.704. The number of aliphatic carboxylic acids is 1. The van der Waals surface area contributed by atoms with Crippen molar-refractivity contribution in [3.8, 4) is 0 Å². The second-order valence-corrected chi connectivity index (χ2v) is 11.7. The predicted molar refractivity (Wildman–Crippen MR) is 150 cm³/mol. The van der Waals surface area contributed by atoms with Crippen LogP contribution < -0.4 is 26.6 Å². The van der Waals surface area contributed by atoms with Gasteiger partial charge in [-0.05, 0) is 47.5 Å². The van der Waals surface area contributed by atoms with Gasteiger partial charge in [-0.1, -0.05) is 26.0 Å². The Hall–Kier alpha value is -3.72. The molecule has 0 fully saturated rings. The Labute approximate surface area is 245 Å². The monoisotopic (exact) mass is 599 g/mol. The van der Waals surface area contributed by atoms with E-state index in [0.717, 1.165) is 0 Å². The summed E-state index contributed by atoms with van der Waals surface area (Å²) in [4.78, 5) is 75.7. The topological polar surface area (TPSA) is 210 Å². The Kier molecular flexibility index (Phi) is 13.9. The van der Waals surface area contributed by atoms with Crippen LogP contribution in [0.1, 0.15) is 55.4 Å². The number of carboxylic acid groups (broad SMARTS) is 1. The van der Waals surface area contributed by atoms with Gasteiger partial charge in [-0.15, -0.1) is 0 Å². The van der Waals surface area contributed by atoms with Gasteiger partial charge in [0.25, 0.3) is 5.91 Å². The molecule has 0 aromatic heterocycles. The fourth-order valence-corrected chi connectivity index (χ4v) is 3.40. The minimum Gasteiger partial charge on any atom is -0.480 e. The maximum atomic E-state index is 13.2. The van der Waals surface area contributed by atoms with Crippen LogP contribution in [0.2, 0.25) is 0 Å². The zero-order valence-corrected chi connectivity index (χ0v) is 25.5. The first-order valence-corrected chi connectivity index (χ1v) is 13.6. The standard InChI is InChI=1S/C27H45N5O10/c1-15(2)19-22(35)28-13-18(21(34)29-16(3)23(36)37)41-12-10-9-11-40-14-17(30-25(39)42-26(4,5)6)20(33)32-27(7,8)24(38)31-19/h9-10,15-19H,11-14H2,1-8H3,(H,28,35)(H,29,34)(H,30,39)(H,31,38)(H,32,33)(H,36,37)/b10-9+/t16?,17-,18?,19-/m0/s1. The molecule has 0 saturated carbocycles. The molecule has 1 aliphatic heterocycles. The number of carbonyl (C=O) groups excluding carboxylic acids is 5. The van der Waals surface area contributed by atoms with Crippen molar-refractivity contribution in [2.75, 3.05) is 26.4 Å². The maximum Gasteiger partial charge on any atom is 0.408 e. The molecular formula is C27H45N5O10. The van der Waals surface area contributed by atoms with Crippen LogP contribution in [-0.4, -0.2) is 103 Å².